The van der Waals surface area contributed by atoms with Crippen LogP contribution >= 0.6 is 22.6 Å². The Morgan fingerprint density at radius 1 is 1.20 bits per heavy atom. The summed E-state index contributed by atoms with van der Waals surface area (Å²) in [5.41, 5.74) is 0.672. The van der Waals surface area contributed by atoms with Crippen LogP contribution in [0, 0.1) is 13.7 Å². The monoisotopic (exact) mass is 384 g/mol. The molecule has 0 bridgehead atoms. The summed E-state index contributed by atoms with van der Waals surface area (Å²) in [6, 6.07) is 12.1. The van der Waals surface area contributed by atoms with Crippen molar-refractivity contribution in [1.82, 2.24) is 0 Å². The van der Waals surface area contributed by atoms with Gasteiger partial charge in [-0.3, -0.25) is 10.1 Å². The number of rotatable bonds is 5. The molecule has 0 atom stereocenters. The third-order valence-electron chi connectivity index (χ3n) is 2.53. The van der Waals surface area contributed by atoms with Gasteiger partial charge in [-0.05, 0) is 53.8 Å². The molecule has 0 heterocycles. The Kier molecular flexibility index (Phi) is 4.78. The molecule has 0 radical (unpaired) electrons. The Morgan fingerprint density at radius 2 is 1.90 bits per heavy atom. The Balaban J connectivity index is 2.29. The lowest BCUT2D eigenvalue weighted by Gasteiger charge is -2.09. The molecule has 0 aliphatic rings. The second-order valence-corrected chi connectivity index (χ2v) is 5.30. The van der Waals surface area contributed by atoms with Gasteiger partial charge in [0.15, 0.2) is 0 Å². The first-order chi connectivity index (χ1) is 9.58. The first kappa shape index (κ1) is 14.6. The quantitative estimate of drug-likeness (QED) is 0.471. The van der Waals surface area contributed by atoms with Crippen LogP contribution in [0.15, 0.2) is 42.5 Å². The highest BCUT2D eigenvalue weighted by Gasteiger charge is 2.11. The number of hydrogen-bond donors (Lipinski definition) is 1. The molecule has 2 aromatic carbocycles. The van der Waals surface area contributed by atoms with E-state index in [1.807, 2.05) is 31.2 Å². The summed E-state index contributed by atoms with van der Waals surface area (Å²) in [5.74, 6) is 1.09. The summed E-state index contributed by atoms with van der Waals surface area (Å²) in [5, 5.41) is 14.0. The van der Waals surface area contributed by atoms with E-state index in [4.69, 9.17) is 4.74 Å². The fourth-order valence-corrected chi connectivity index (χ4v) is 2.05. The van der Waals surface area contributed by atoms with Gasteiger partial charge in [-0.2, -0.15) is 0 Å². The summed E-state index contributed by atoms with van der Waals surface area (Å²) < 4.78 is 6.76. The zero-order chi connectivity index (χ0) is 14.5. The number of hydrogen-bond acceptors (Lipinski definition) is 4. The zero-order valence-electron chi connectivity index (χ0n) is 10.8. The molecule has 0 amide bonds. The van der Waals surface area contributed by atoms with E-state index >= 15 is 0 Å². The van der Waals surface area contributed by atoms with Crippen LogP contribution in [0.25, 0.3) is 0 Å². The van der Waals surface area contributed by atoms with Crippen LogP contribution in [0.1, 0.15) is 6.92 Å². The van der Waals surface area contributed by atoms with Gasteiger partial charge in [0.05, 0.1) is 11.0 Å². The molecular weight excluding hydrogens is 371 g/mol. The van der Waals surface area contributed by atoms with Gasteiger partial charge in [0.1, 0.15) is 11.5 Å². The minimum Gasteiger partial charge on any atom is -0.457 e. The van der Waals surface area contributed by atoms with Crippen molar-refractivity contribution >= 4 is 34.0 Å². The van der Waals surface area contributed by atoms with Crippen LogP contribution < -0.4 is 10.1 Å². The predicted molar refractivity (Wildman–Crippen MR) is 86.5 cm³/mol. The Hall–Kier alpha value is -1.83. The van der Waals surface area contributed by atoms with E-state index in [2.05, 4.69) is 27.9 Å². The van der Waals surface area contributed by atoms with Crippen LogP contribution in [0.4, 0.5) is 11.4 Å². The second-order valence-electron chi connectivity index (χ2n) is 4.06. The van der Waals surface area contributed by atoms with Gasteiger partial charge in [0, 0.05) is 27.9 Å². The maximum atomic E-state index is 10.9. The number of anilines is 1. The molecule has 0 spiro atoms. The largest absolute Gasteiger partial charge is 0.457 e. The predicted octanol–water partition coefficient (Wildman–Crippen LogP) is 4.42. The average molecular weight is 384 g/mol. The van der Waals surface area contributed by atoms with Gasteiger partial charge in [-0.1, -0.05) is 0 Å². The Bertz CT molecular complexity index is 614. The van der Waals surface area contributed by atoms with E-state index in [9.17, 15) is 10.1 Å². The molecule has 0 aromatic heterocycles. The van der Waals surface area contributed by atoms with Crippen molar-refractivity contribution in [2.24, 2.45) is 0 Å². The van der Waals surface area contributed by atoms with Crippen LogP contribution in [-0.4, -0.2) is 11.5 Å². The van der Waals surface area contributed by atoms with E-state index in [1.54, 1.807) is 6.07 Å². The molecule has 0 fully saturated rings. The molecule has 0 saturated carbocycles. The summed E-state index contributed by atoms with van der Waals surface area (Å²) in [6.45, 7) is 2.61. The third-order valence-corrected chi connectivity index (χ3v) is 3.25. The van der Waals surface area contributed by atoms with E-state index in [0.29, 0.717) is 23.7 Å². The topological polar surface area (TPSA) is 64.4 Å². The lowest BCUT2D eigenvalue weighted by molar-refractivity contribution is -0.384. The maximum absolute atomic E-state index is 10.9. The van der Waals surface area contributed by atoms with Crippen molar-refractivity contribution in [3.05, 3.63) is 56.1 Å². The number of benzene rings is 2. The Morgan fingerprint density at radius 3 is 2.50 bits per heavy atom. The second kappa shape index (κ2) is 6.56. The molecule has 0 aliphatic heterocycles. The van der Waals surface area contributed by atoms with Crippen molar-refractivity contribution < 1.29 is 9.66 Å². The number of halogens is 1. The smallest absolute Gasteiger partial charge is 0.275 e. The fraction of sp³-hybridized carbons (Fsp3) is 0.143. The van der Waals surface area contributed by atoms with Crippen molar-refractivity contribution in [2.45, 2.75) is 6.92 Å². The summed E-state index contributed by atoms with van der Waals surface area (Å²) in [7, 11) is 0. The number of nitrogens with zero attached hydrogens (tertiary/aromatic N) is 1. The number of nitro groups is 1. The number of non-ortho nitro benzene ring substituents is 1. The lowest BCUT2D eigenvalue weighted by atomic mass is 10.2. The van der Waals surface area contributed by atoms with E-state index in [0.717, 1.165) is 3.57 Å². The lowest BCUT2D eigenvalue weighted by Crippen LogP contribution is -1.98. The molecule has 1 N–H and O–H groups in total. The van der Waals surface area contributed by atoms with Crippen LogP contribution in [-0.2, 0) is 0 Å². The average Bonchev–Trinajstić information content (AvgIpc) is 2.41. The molecule has 2 aromatic rings. The van der Waals surface area contributed by atoms with Crippen LogP contribution in [0.5, 0.6) is 11.5 Å². The van der Waals surface area contributed by atoms with Crippen molar-refractivity contribution in [3.63, 3.8) is 0 Å². The van der Waals surface area contributed by atoms with Crippen molar-refractivity contribution in [1.29, 1.82) is 0 Å². The van der Waals surface area contributed by atoms with Gasteiger partial charge in [0.25, 0.3) is 5.69 Å². The zero-order valence-corrected chi connectivity index (χ0v) is 13.0. The standard InChI is InChI=1S/C14H13IN2O3/c1-2-16-11-7-12(17(18)19)9-14(8-11)20-13-5-3-10(15)4-6-13/h3-9,16H,2H2,1H3. The highest BCUT2D eigenvalue weighted by atomic mass is 127. The van der Waals surface area contributed by atoms with Gasteiger partial charge in [0.2, 0.25) is 0 Å². The first-order valence-electron chi connectivity index (χ1n) is 6.05. The van der Waals surface area contributed by atoms with Crippen LogP contribution in [0.3, 0.4) is 0 Å². The number of ether oxygens (including phenoxy) is 1. The van der Waals surface area contributed by atoms with Gasteiger partial charge in [-0.25, -0.2) is 0 Å². The molecule has 104 valence electrons. The minimum atomic E-state index is -0.429. The van der Waals surface area contributed by atoms with E-state index in [-0.39, 0.29) is 5.69 Å². The SMILES string of the molecule is CCNc1cc(Oc2ccc(I)cc2)cc([N+](=O)[O-])c1. The molecular formula is C14H13IN2O3. The molecule has 0 aliphatic carbocycles. The highest BCUT2D eigenvalue weighted by molar-refractivity contribution is 14.1. The van der Waals surface area contributed by atoms with E-state index < -0.39 is 4.92 Å². The summed E-state index contributed by atoms with van der Waals surface area (Å²) in [6.07, 6.45) is 0. The fourth-order valence-electron chi connectivity index (χ4n) is 1.69. The highest BCUT2D eigenvalue weighted by Crippen LogP contribution is 2.29. The van der Waals surface area contributed by atoms with Crippen molar-refractivity contribution in [2.75, 3.05) is 11.9 Å². The molecule has 0 unspecified atom stereocenters. The molecule has 0 saturated heterocycles. The van der Waals surface area contributed by atoms with Gasteiger partial charge in [-0.15, -0.1) is 0 Å². The van der Waals surface area contributed by atoms with Crippen molar-refractivity contribution in [3.8, 4) is 11.5 Å². The van der Waals surface area contributed by atoms with Gasteiger partial charge < -0.3 is 10.1 Å². The Labute approximate surface area is 130 Å². The van der Waals surface area contributed by atoms with Crippen LogP contribution in [0.2, 0.25) is 0 Å². The first-order valence-corrected chi connectivity index (χ1v) is 7.13. The maximum Gasteiger partial charge on any atom is 0.275 e. The minimum absolute atomic E-state index is 0.00367. The van der Waals surface area contributed by atoms with Gasteiger partial charge >= 0.3 is 0 Å². The van der Waals surface area contributed by atoms with E-state index in [1.165, 1.54) is 12.1 Å². The molecule has 5 nitrogen and oxygen atoms in total. The molecule has 20 heavy (non-hydrogen) atoms. The number of nitrogens with one attached hydrogen (secondary N) is 1. The summed E-state index contributed by atoms with van der Waals surface area (Å²) >= 11 is 2.20. The third kappa shape index (κ3) is 3.83. The number of nitro benzene ring substituents is 1. The normalized spacial score (nSPS) is 10.1. The molecule has 6 heteroatoms. The summed E-state index contributed by atoms with van der Waals surface area (Å²) in [4.78, 5) is 10.5. The molecule has 2 rings (SSSR count).